The van der Waals surface area contributed by atoms with E-state index in [1.54, 1.807) is 6.07 Å². The van der Waals surface area contributed by atoms with Crippen LogP contribution in [0.2, 0.25) is 0 Å². The summed E-state index contributed by atoms with van der Waals surface area (Å²) in [6.07, 6.45) is -5.56. The van der Waals surface area contributed by atoms with Crippen molar-refractivity contribution in [2.24, 2.45) is 0 Å². The molecule has 3 rings (SSSR count). The largest absolute Gasteiger partial charge is 0.453 e. The highest BCUT2D eigenvalue weighted by Gasteiger charge is 2.34. The maximum atomic E-state index is 13.0. The van der Waals surface area contributed by atoms with E-state index in [9.17, 15) is 22.8 Å². The van der Waals surface area contributed by atoms with Crippen molar-refractivity contribution in [1.29, 1.82) is 0 Å². The average molecular weight is 416 g/mol. The number of carbonyl (C=O) groups excluding carboxylic acids is 2. The van der Waals surface area contributed by atoms with E-state index in [0.717, 1.165) is 23.0 Å². The molecule has 0 radical (unpaired) electrons. The lowest BCUT2D eigenvalue weighted by molar-refractivity contribution is -0.153. The van der Waals surface area contributed by atoms with Gasteiger partial charge in [-0.15, -0.1) is 0 Å². The van der Waals surface area contributed by atoms with Crippen molar-refractivity contribution < 1.29 is 27.5 Å². The highest BCUT2D eigenvalue weighted by molar-refractivity contribution is 5.95. The number of esters is 1. The van der Waals surface area contributed by atoms with Crippen LogP contribution in [0.3, 0.4) is 0 Å². The van der Waals surface area contributed by atoms with Crippen LogP contribution >= 0.6 is 0 Å². The second kappa shape index (κ2) is 8.94. The van der Waals surface area contributed by atoms with E-state index in [1.165, 1.54) is 19.1 Å². The first-order chi connectivity index (χ1) is 14.2. The molecule has 0 aliphatic rings. The van der Waals surface area contributed by atoms with Gasteiger partial charge in [-0.05, 0) is 31.2 Å². The summed E-state index contributed by atoms with van der Waals surface area (Å²) in [7, 11) is 0. The van der Waals surface area contributed by atoms with Gasteiger partial charge in [0.2, 0.25) is 0 Å². The predicted molar refractivity (Wildman–Crippen MR) is 106 cm³/mol. The smallest absolute Gasteiger partial charge is 0.418 e. The molecular weight excluding hydrogens is 397 g/mol. The van der Waals surface area contributed by atoms with E-state index < -0.39 is 35.4 Å². The van der Waals surface area contributed by atoms with Crippen LogP contribution in [0.5, 0.6) is 0 Å². The molecular formula is C22H19F3N2O3. The molecule has 8 heteroatoms. The van der Waals surface area contributed by atoms with E-state index in [4.69, 9.17) is 4.74 Å². The Labute approximate surface area is 170 Å². The number of nitrogens with zero attached hydrogens (tertiary/aromatic N) is 1. The zero-order chi connectivity index (χ0) is 21.7. The molecule has 156 valence electrons. The summed E-state index contributed by atoms with van der Waals surface area (Å²) in [5, 5.41) is 3.15. The van der Waals surface area contributed by atoms with Gasteiger partial charge in [-0.3, -0.25) is 14.6 Å². The Kier molecular flexibility index (Phi) is 6.34. The summed E-state index contributed by atoms with van der Waals surface area (Å²) in [4.78, 5) is 28.7. The molecule has 0 spiro atoms. The number of halogens is 3. The highest BCUT2D eigenvalue weighted by Crippen LogP contribution is 2.34. The van der Waals surface area contributed by atoms with Crippen molar-refractivity contribution in [3.8, 4) is 0 Å². The standard InChI is InChI=1S/C22H19F3N2O3/c1-14(21(29)27-19-9-5-3-7-17(19)22(23,24)25)30-20(28)13-12-16-11-10-15-6-2-4-8-18(15)26-16/h2-11,14H,12-13H2,1H3,(H,27,29). The van der Waals surface area contributed by atoms with Crippen molar-refractivity contribution in [1.82, 2.24) is 4.98 Å². The van der Waals surface area contributed by atoms with Gasteiger partial charge in [0, 0.05) is 17.5 Å². The van der Waals surface area contributed by atoms with Crippen LogP contribution in [0.4, 0.5) is 18.9 Å². The summed E-state index contributed by atoms with van der Waals surface area (Å²) < 4.78 is 44.1. The molecule has 1 atom stereocenters. The Balaban J connectivity index is 1.55. The molecule has 3 aromatic rings. The van der Waals surface area contributed by atoms with Gasteiger partial charge in [-0.1, -0.05) is 36.4 Å². The molecule has 0 fully saturated rings. The summed E-state index contributed by atoms with van der Waals surface area (Å²) in [6.45, 7) is 1.30. The molecule has 1 unspecified atom stereocenters. The average Bonchev–Trinajstić information content (AvgIpc) is 2.71. The van der Waals surface area contributed by atoms with E-state index in [2.05, 4.69) is 10.3 Å². The molecule has 1 N–H and O–H groups in total. The number of para-hydroxylation sites is 2. The van der Waals surface area contributed by atoms with E-state index >= 15 is 0 Å². The van der Waals surface area contributed by atoms with E-state index in [1.807, 2.05) is 30.3 Å². The van der Waals surface area contributed by atoms with Gasteiger partial charge in [-0.25, -0.2) is 0 Å². The normalized spacial score (nSPS) is 12.4. The van der Waals surface area contributed by atoms with E-state index in [0.29, 0.717) is 12.1 Å². The van der Waals surface area contributed by atoms with Crippen LogP contribution in [0.1, 0.15) is 24.6 Å². The molecule has 0 bridgehead atoms. The van der Waals surface area contributed by atoms with Crippen molar-refractivity contribution in [2.45, 2.75) is 32.0 Å². The van der Waals surface area contributed by atoms with Crippen molar-refractivity contribution in [3.63, 3.8) is 0 Å². The summed E-state index contributed by atoms with van der Waals surface area (Å²) in [6, 6.07) is 15.9. The lowest BCUT2D eigenvalue weighted by Gasteiger charge is -2.16. The van der Waals surface area contributed by atoms with Crippen molar-refractivity contribution >= 4 is 28.5 Å². The molecule has 2 aromatic carbocycles. The van der Waals surface area contributed by atoms with Crippen LogP contribution in [-0.4, -0.2) is 23.0 Å². The molecule has 0 aliphatic carbocycles. The number of fused-ring (bicyclic) bond motifs is 1. The first-order valence-corrected chi connectivity index (χ1v) is 9.25. The molecule has 1 aromatic heterocycles. The zero-order valence-electron chi connectivity index (χ0n) is 16.1. The Bertz CT molecular complexity index is 1070. The molecule has 0 aliphatic heterocycles. The van der Waals surface area contributed by atoms with Gasteiger partial charge in [0.25, 0.3) is 5.91 Å². The topological polar surface area (TPSA) is 68.3 Å². The number of benzene rings is 2. The first kappa shape index (κ1) is 21.3. The second-order valence-electron chi connectivity index (χ2n) is 6.66. The second-order valence-corrected chi connectivity index (χ2v) is 6.66. The number of carbonyl (C=O) groups is 2. The number of ether oxygens (including phenoxy) is 1. The number of aromatic nitrogens is 1. The van der Waals surface area contributed by atoms with Gasteiger partial charge in [-0.2, -0.15) is 13.2 Å². The van der Waals surface area contributed by atoms with Crippen LogP contribution in [-0.2, 0) is 26.9 Å². The lowest BCUT2D eigenvalue weighted by atomic mass is 10.1. The maximum Gasteiger partial charge on any atom is 0.418 e. The van der Waals surface area contributed by atoms with Gasteiger partial charge in [0.1, 0.15) is 0 Å². The third-order valence-corrected chi connectivity index (χ3v) is 4.41. The van der Waals surface area contributed by atoms with Gasteiger partial charge < -0.3 is 10.1 Å². The molecule has 1 amide bonds. The number of pyridine rings is 1. The number of rotatable bonds is 6. The minimum absolute atomic E-state index is 0.0118. The van der Waals surface area contributed by atoms with Crippen LogP contribution in [0.25, 0.3) is 10.9 Å². The molecule has 5 nitrogen and oxygen atoms in total. The number of anilines is 1. The fourth-order valence-corrected chi connectivity index (χ4v) is 2.86. The number of hydrogen-bond donors (Lipinski definition) is 1. The van der Waals surface area contributed by atoms with Crippen molar-refractivity contribution in [3.05, 3.63) is 71.9 Å². The first-order valence-electron chi connectivity index (χ1n) is 9.25. The number of aryl methyl sites for hydroxylation is 1. The van der Waals surface area contributed by atoms with Gasteiger partial charge in [0.15, 0.2) is 6.10 Å². The van der Waals surface area contributed by atoms with Gasteiger partial charge >= 0.3 is 12.1 Å². The minimum atomic E-state index is -4.61. The monoisotopic (exact) mass is 416 g/mol. The summed E-state index contributed by atoms with van der Waals surface area (Å²) >= 11 is 0. The highest BCUT2D eigenvalue weighted by atomic mass is 19.4. The third kappa shape index (κ3) is 5.34. The fourth-order valence-electron chi connectivity index (χ4n) is 2.86. The Hall–Kier alpha value is -3.42. The van der Waals surface area contributed by atoms with Crippen LogP contribution < -0.4 is 5.32 Å². The molecule has 1 heterocycles. The summed E-state index contributed by atoms with van der Waals surface area (Å²) in [5.74, 6) is -1.49. The Morgan fingerprint density at radius 2 is 1.73 bits per heavy atom. The lowest BCUT2D eigenvalue weighted by Crippen LogP contribution is -2.30. The summed E-state index contributed by atoms with van der Waals surface area (Å²) in [5.41, 5.74) is 0.138. The van der Waals surface area contributed by atoms with E-state index in [-0.39, 0.29) is 6.42 Å². The number of amides is 1. The minimum Gasteiger partial charge on any atom is -0.453 e. The number of nitrogens with one attached hydrogen (secondary N) is 1. The molecule has 0 saturated carbocycles. The maximum absolute atomic E-state index is 13.0. The van der Waals surface area contributed by atoms with Crippen LogP contribution in [0.15, 0.2) is 60.7 Å². The van der Waals surface area contributed by atoms with Crippen molar-refractivity contribution in [2.75, 3.05) is 5.32 Å². The Morgan fingerprint density at radius 1 is 1.03 bits per heavy atom. The SMILES string of the molecule is CC(OC(=O)CCc1ccc2ccccc2n1)C(=O)Nc1ccccc1C(F)(F)F. The molecule has 30 heavy (non-hydrogen) atoms. The predicted octanol–water partition coefficient (Wildman–Crippen LogP) is 4.76. The zero-order valence-corrected chi connectivity index (χ0v) is 16.1. The third-order valence-electron chi connectivity index (χ3n) is 4.41. The number of alkyl halides is 3. The fraction of sp³-hybridized carbons (Fsp3) is 0.227. The number of hydrogen-bond acceptors (Lipinski definition) is 4. The molecule has 0 saturated heterocycles. The van der Waals surface area contributed by atoms with Gasteiger partial charge in [0.05, 0.1) is 23.2 Å². The Morgan fingerprint density at radius 3 is 2.50 bits per heavy atom. The quantitative estimate of drug-likeness (QED) is 0.589. The van der Waals surface area contributed by atoms with Crippen LogP contribution in [0, 0.1) is 0 Å².